The van der Waals surface area contributed by atoms with Gasteiger partial charge in [-0.05, 0) is 48.9 Å². The average molecular weight is 397 g/mol. The number of carboxylic acid groups (broad SMARTS) is 1. The fourth-order valence-corrected chi connectivity index (χ4v) is 3.38. The van der Waals surface area contributed by atoms with E-state index < -0.39 is 17.4 Å². The minimum atomic E-state index is -1.10. The number of hydrogen-bond acceptors (Lipinski definition) is 4. The molecule has 1 aliphatic rings. The second kappa shape index (κ2) is 7.18. The van der Waals surface area contributed by atoms with Crippen LogP contribution in [0.3, 0.4) is 0 Å². The van der Waals surface area contributed by atoms with Crippen molar-refractivity contribution in [3.05, 3.63) is 92.6 Å². The predicted octanol–water partition coefficient (Wildman–Crippen LogP) is 4.36. The van der Waals surface area contributed by atoms with E-state index in [1.165, 1.54) is 24.3 Å². The van der Waals surface area contributed by atoms with Gasteiger partial charge in [0.15, 0.2) is 0 Å². The van der Waals surface area contributed by atoms with Crippen molar-refractivity contribution in [2.45, 2.75) is 6.92 Å². The van der Waals surface area contributed by atoms with E-state index in [-0.39, 0.29) is 22.5 Å². The highest BCUT2D eigenvalue weighted by Gasteiger charge is 2.21. The number of carboxylic acids is 1. The maximum atomic E-state index is 13.3. The Hall–Kier alpha value is -4.44. The van der Waals surface area contributed by atoms with Crippen molar-refractivity contribution in [2.24, 2.45) is 4.99 Å². The normalized spacial score (nSPS) is 13.3. The zero-order valence-corrected chi connectivity index (χ0v) is 15.8. The summed E-state index contributed by atoms with van der Waals surface area (Å²) in [5, 5.41) is 19.7. The molecular formula is C23H15N3O4. The highest BCUT2D eigenvalue weighted by molar-refractivity contribution is 6.21. The van der Waals surface area contributed by atoms with E-state index in [9.17, 15) is 14.7 Å². The molecule has 0 amide bonds. The lowest BCUT2D eigenvalue weighted by Gasteiger charge is -2.14. The van der Waals surface area contributed by atoms with Crippen LogP contribution in [0.5, 0.6) is 5.88 Å². The van der Waals surface area contributed by atoms with Crippen molar-refractivity contribution >= 4 is 35.2 Å². The number of carbonyl (C=O) groups is 1. The van der Waals surface area contributed by atoms with Crippen molar-refractivity contribution in [1.29, 1.82) is 0 Å². The molecule has 0 aliphatic carbocycles. The molecule has 1 aliphatic heterocycles. The second-order valence-corrected chi connectivity index (χ2v) is 6.69. The third-order valence-electron chi connectivity index (χ3n) is 4.96. The van der Waals surface area contributed by atoms with Crippen molar-refractivity contribution in [3.8, 4) is 11.6 Å². The van der Waals surface area contributed by atoms with Gasteiger partial charge in [0.1, 0.15) is 0 Å². The largest absolute Gasteiger partial charge is 0.502 e. The summed E-state index contributed by atoms with van der Waals surface area (Å²) in [6.07, 6.45) is 3.31. The first kappa shape index (κ1) is 18.9. The van der Waals surface area contributed by atoms with Gasteiger partial charge in [0, 0.05) is 22.9 Å². The molecule has 7 nitrogen and oxygen atoms in total. The number of aromatic nitrogens is 1. The fraction of sp³-hybridized carbons (Fsp3) is 0.0435. The summed E-state index contributed by atoms with van der Waals surface area (Å²) in [5.74, 6) is -1.59. The summed E-state index contributed by atoms with van der Waals surface area (Å²) < 4.78 is 1.01. The highest BCUT2D eigenvalue weighted by Crippen LogP contribution is 2.36. The number of para-hydroxylation sites is 1. The van der Waals surface area contributed by atoms with E-state index in [0.29, 0.717) is 5.56 Å². The van der Waals surface area contributed by atoms with Crippen molar-refractivity contribution < 1.29 is 15.0 Å². The van der Waals surface area contributed by atoms with Crippen LogP contribution in [0.2, 0.25) is 0 Å². The van der Waals surface area contributed by atoms with Crippen molar-refractivity contribution in [1.82, 2.24) is 4.57 Å². The maximum Gasteiger partial charge on any atom is 0.335 e. The van der Waals surface area contributed by atoms with Gasteiger partial charge < -0.3 is 10.2 Å². The zero-order chi connectivity index (χ0) is 21.4. The lowest BCUT2D eigenvalue weighted by Crippen LogP contribution is -2.22. The standard InChI is InChI=1S/C23H15N3O4/c1-13-18(11-15-12-25-19-6-4-3-5-17(15)19)21(27)26(22(28)20(13)24-2)16-9-7-14(8-10-16)23(29)30/h3-12,28H,1H3,(H,29,30)/b15-11+. The molecule has 0 saturated carbocycles. The molecule has 0 saturated heterocycles. The van der Waals surface area contributed by atoms with Gasteiger partial charge in [-0.3, -0.25) is 14.4 Å². The Morgan fingerprint density at radius 3 is 2.53 bits per heavy atom. The summed E-state index contributed by atoms with van der Waals surface area (Å²) in [6, 6.07) is 13.0. The van der Waals surface area contributed by atoms with E-state index >= 15 is 0 Å². The minimum absolute atomic E-state index is 0.0462. The molecule has 2 heterocycles. The Kier molecular flexibility index (Phi) is 4.53. The molecule has 3 aromatic rings. The molecule has 2 N–H and O–H groups in total. The van der Waals surface area contributed by atoms with Crippen molar-refractivity contribution in [2.75, 3.05) is 0 Å². The van der Waals surface area contributed by atoms with Crippen LogP contribution < -0.4 is 5.56 Å². The number of fused-ring (bicyclic) bond motifs is 1. The van der Waals surface area contributed by atoms with E-state index in [4.69, 9.17) is 11.7 Å². The van der Waals surface area contributed by atoms with E-state index in [1.807, 2.05) is 24.3 Å². The lowest BCUT2D eigenvalue weighted by molar-refractivity contribution is 0.0697. The average Bonchev–Trinajstić information content (AvgIpc) is 3.15. The Morgan fingerprint density at radius 2 is 1.87 bits per heavy atom. The number of aromatic hydroxyl groups is 1. The quantitative estimate of drug-likeness (QED) is 0.642. The highest BCUT2D eigenvalue weighted by atomic mass is 16.4. The zero-order valence-electron chi connectivity index (χ0n) is 15.8. The maximum absolute atomic E-state index is 13.3. The summed E-state index contributed by atoms with van der Waals surface area (Å²) in [7, 11) is 0. The molecule has 4 rings (SSSR count). The number of nitrogens with zero attached hydrogens (tertiary/aromatic N) is 3. The molecule has 0 bridgehead atoms. The van der Waals surface area contributed by atoms with Crippen LogP contribution in [0, 0.1) is 13.5 Å². The third-order valence-corrected chi connectivity index (χ3v) is 4.96. The van der Waals surface area contributed by atoms with E-state index in [1.54, 1.807) is 19.2 Å². The fourth-order valence-electron chi connectivity index (χ4n) is 3.38. The van der Waals surface area contributed by atoms with Gasteiger partial charge in [-0.25, -0.2) is 9.64 Å². The Balaban J connectivity index is 1.96. The van der Waals surface area contributed by atoms with E-state index in [2.05, 4.69) is 9.84 Å². The molecular weight excluding hydrogens is 382 g/mol. The number of benzene rings is 2. The lowest BCUT2D eigenvalue weighted by atomic mass is 10.0. The number of pyridine rings is 1. The van der Waals surface area contributed by atoms with Crippen LogP contribution in [-0.4, -0.2) is 27.0 Å². The SMILES string of the molecule is [C-]#[N+]c1c(C)c(/C=C2\C=Nc3ccccc32)c(=O)n(-c2ccc(C(=O)O)cc2)c1O. The van der Waals surface area contributed by atoms with Crippen LogP contribution in [0.25, 0.3) is 22.2 Å². The Labute approximate surface area is 171 Å². The first-order chi connectivity index (χ1) is 14.4. The molecule has 0 fully saturated rings. The van der Waals surface area contributed by atoms with Crippen molar-refractivity contribution in [3.63, 3.8) is 0 Å². The van der Waals surface area contributed by atoms with Gasteiger partial charge >= 0.3 is 5.97 Å². The van der Waals surface area contributed by atoms with Gasteiger partial charge in [0.05, 0.1) is 23.5 Å². The molecule has 0 unspecified atom stereocenters. The molecule has 7 heteroatoms. The first-order valence-corrected chi connectivity index (χ1v) is 8.97. The van der Waals surface area contributed by atoms with Gasteiger partial charge in [0.25, 0.3) is 5.56 Å². The van der Waals surface area contributed by atoms with Crippen LogP contribution in [0.4, 0.5) is 11.4 Å². The van der Waals surface area contributed by atoms with Crippen LogP contribution in [-0.2, 0) is 0 Å². The number of aromatic carboxylic acids is 1. The van der Waals surface area contributed by atoms with E-state index in [0.717, 1.165) is 21.4 Å². The smallest absolute Gasteiger partial charge is 0.335 e. The monoisotopic (exact) mass is 397 g/mol. The molecule has 2 aromatic carbocycles. The summed E-state index contributed by atoms with van der Waals surface area (Å²) >= 11 is 0. The molecule has 0 atom stereocenters. The topological polar surface area (TPSA) is 96.2 Å². The molecule has 146 valence electrons. The third kappa shape index (κ3) is 2.97. The molecule has 0 spiro atoms. The van der Waals surface area contributed by atoms with Gasteiger partial charge in [-0.1, -0.05) is 18.2 Å². The summed E-state index contributed by atoms with van der Waals surface area (Å²) in [5.41, 5.74) is 2.71. The van der Waals surface area contributed by atoms with Crippen LogP contribution in [0.1, 0.15) is 27.0 Å². The molecule has 1 aromatic heterocycles. The molecule has 30 heavy (non-hydrogen) atoms. The van der Waals surface area contributed by atoms with Crippen LogP contribution >= 0.6 is 0 Å². The van der Waals surface area contributed by atoms with Gasteiger partial charge in [0.2, 0.25) is 11.6 Å². The predicted molar refractivity (Wildman–Crippen MR) is 114 cm³/mol. The summed E-state index contributed by atoms with van der Waals surface area (Å²) in [6.45, 7) is 9.08. The minimum Gasteiger partial charge on any atom is -0.502 e. The summed E-state index contributed by atoms with van der Waals surface area (Å²) in [4.78, 5) is 32.1. The second-order valence-electron chi connectivity index (χ2n) is 6.69. The Bertz CT molecular complexity index is 1360. The molecule has 0 radical (unpaired) electrons. The van der Waals surface area contributed by atoms with Crippen LogP contribution in [0.15, 0.2) is 58.3 Å². The Morgan fingerprint density at radius 1 is 1.17 bits per heavy atom. The number of hydrogen-bond donors (Lipinski definition) is 2. The first-order valence-electron chi connectivity index (χ1n) is 8.97. The number of allylic oxidation sites excluding steroid dienone is 1. The number of rotatable bonds is 3. The number of aliphatic imine (C=N–C) groups is 1. The van der Waals surface area contributed by atoms with Gasteiger partial charge in [-0.15, -0.1) is 0 Å². The van der Waals surface area contributed by atoms with Gasteiger partial charge in [-0.2, -0.15) is 0 Å².